The van der Waals surface area contributed by atoms with Gasteiger partial charge in [0.25, 0.3) is 0 Å². The van der Waals surface area contributed by atoms with E-state index in [4.69, 9.17) is 4.74 Å². The molecule has 3 heterocycles. The highest BCUT2D eigenvalue weighted by atomic mass is 32.2. The molecule has 0 fully saturated rings. The number of benzene rings is 1. The van der Waals surface area contributed by atoms with Gasteiger partial charge in [-0.3, -0.25) is 4.98 Å². The molecule has 0 saturated heterocycles. The van der Waals surface area contributed by atoms with Gasteiger partial charge < -0.3 is 4.74 Å². The molecule has 27 heavy (non-hydrogen) atoms. The molecule has 0 N–H and O–H groups in total. The van der Waals surface area contributed by atoms with Gasteiger partial charge in [0.05, 0.1) is 25.0 Å². The number of nitrogens with zero attached hydrogens (tertiary/aromatic N) is 5. The van der Waals surface area contributed by atoms with Gasteiger partial charge in [-0.25, -0.2) is 17.5 Å². The Labute approximate surface area is 155 Å². The third-order valence-electron chi connectivity index (χ3n) is 4.27. The van der Waals surface area contributed by atoms with Crippen molar-refractivity contribution in [2.45, 2.75) is 24.6 Å². The van der Waals surface area contributed by atoms with Crippen molar-refractivity contribution in [2.75, 3.05) is 6.54 Å². The lowest BCUT2D eigenvalue weighted by Gasteiger charge is -2.27. The van der Waals surface area contributed by atoms with Gasteiger partial charge in [0.1, 0.15) is 28.8 Å². The number of hydrogen-bond donors (Lipinski definition) is 0. The van der Waals surface area contributed by atoms with E-state index in [9.17, 15) is 12.8 Å². The van der Waals surface area contributed by atoms with E-state index in [1.807, 2.05) is 0 Å². The van der Waals surface area contributed by atoms with E-state index in [1.54, 1.807) is 29.2 Å². The molecule has 0 aliphatic carbocycles. The molecule has 0 amide bonds. The van der Waals surface area contributed by atoms with Crippen LogP contribution in [0.5, 0.6) is 5.75 Å². The Morgan fingerprint density at radius 1 is 1.15 bits per heavy atom. The van der Waals surface area contributed by atoms with Crippen LogP contribution in [0.3, 0.4) is 0 Å². The number of halogens is 1. The molecule has 0 saturated carbocycles. The molecule has 8 nitrogen and oxygen atoms in total. The summed E-state index contributed by atoms with van der Waals surface area (Å²) >= 11 is 0. The molecule has 10 heteroatoms. The van der Waals surface area contributed by atoms with Crippen LogP contribution in [0.25, 0.3) is 0 Å². The average Bonchev–Trinajstić information content (AvgIpc) is 3.10. The SMILES string of the molecule is O=S(=O)(c1ccccc1F)N1CCn2nnc(COc3cccnc3)c2C1. The van der Waals surface area contributed by atoms with Crippen molar-refractivity contribution in [3.8, 4) is 5.75 Å². The fourth-order valence-electron chi connectivity index (χ4n) is 2.87. The Balaban J connectivity index is 1.56. The minimum absolute atomic E-state index is 0.0510. The second-order valence-electron chi connectivity index (χ2n) is 5.95. The highest BCUT2D eigenvalue weighted by Crippen LogP contribution is 2.24. The predicted octanol–water partition coefficient (Wildman–Crippen LogP) is 1.60. The molecular weight excluding hydrogens is 373 g/mol. The van der Waals surface area contributed by atoms with Gasteiger partial charge in [0, 0.05) is 12.7 Å². The van der Waals surface area contributed by atoms with Crippen molar-refractivity contribution in [2.24, 2.45) is 0 Å². The normalized spacial score (nSPS) is 14.7. The number of ether oxygens (including phenoxy) is 1. The predicted molar refractivity (Wildman–Crippen MR) is 92.6 cm³/mol. The number of aromatic nitrogens is 4. The first-order chi connectivity index (χ1) is 13.1. The smallest absolute Gasteiger partial charge is 0.246 e. The summed E-state index contributed by atoms with van der Waals surface area (Å²) in [6, 6.07) is 8.87. The van der Waals surface area contributed by atoms with Crippen LogP contribution >= 0.6 is 0 Å². The highest BCUT2D eigenvalue weighted by molar-refractivity contribution is 7.89. The summed E-state index contributed by atoms with van der Waals surface area (Å²) < 4.78 is 48.2. The van der Waals surface area contributed by atoms with Crippen LogP contribution in [0.1, 0.15) is 11.4 Å². The molecule has 2 aromatic heterocycles. The first kappa shape index (κ1) is 17.6. The lowest BCUT2D eigenvalue weighted by Crippen LogP contribution is -2.39. The molecule has 4 rings (SSSR count). The summed E-state index contributed by atoms with van der Waals surface area (Å²) in [6.07, 6.45) is 3.21. The van der Waals surface area contributed by atoms with Crippen LogP contribution in [0, 0.1) is 5.82 Å². The summed E-state index contributed by atoms with van der Waals surface area (Å²) in [6.45, 7) is 0.711. The van der Waals surface area contributed by atoms with Crippen LogP contribution in [0.2, 0.25) is 0 Å². The van der Waals surface area contributed by atoms with Crippen LogP contribution < -0.4 is 4.74 Å². The maximum atomic E-state index is 14.0. The van der Waals surface area contributed by atoms with Gasteiger partial charge in [0.2, 0.25) is 10.0 Å². The zero-order valence-electron chi connectivity index (χ0n) is 14.2. The molecule has 3 aromatic rings. The van der Waals surface area contributed by atoms with Gasteiger partial charge in [-0.1, -0.05) is 17.3 Å². The van der Waals surface area contributed by atoms with Gasteiger partial charge in [-0.2, -0.15) is 4.31 Å². The Kier molecular flexibility index (Phi) is 4.58. The fourth-order valence-corrected chi connectivity index (χ4v) is 4.33. The van der Waals surface area contributed by atoms with Gasteiger partial charge in [-0.15, -0.1) is 5.10 Å². The summed E-state index contributed by atoms with van der Waals surface area (Å²) in [5.74, 6) is -0.194. The van der Waals surface area contributed by atoms with E-state index in [1.165, 1.54) is 22.5 Å². The molecule has 0 unspecified atom stereocenters. The van der Waals surface area contributed by atoms with Crippen molar-refractivity contribution in [3.63, 3.8) is 0 Å². The molecule has 1 aromatic carbocycles. The summed E-state index contributed by atoms with van der Waals surface area (Å²) in [5, 5.41) is 8.14. The van der Waals surface area contributed by atoms with E-state index in [2.05, 4.69) is 15.3 Å². The van der Waals surface area contributed by atoms with E-state index in [-0.39, 0.29) is 24.6 Å². The van der Waals surface area contributed by atoms with Crippen molar-refractivity contribution in [1.82, 2.24) is 24.3 Å². The Morgan fingerprint density at radius 2 is 2.00 bits per heavy atom. The van der Waals surface area contributed by atoms with Crippen molar-refractivity contribution in [3.05, 3.63) is 66.0 Å². The molecule has 0 radical (unpaired) electrons. The van der Waals surface area contributed by atoms with Gasteiger partial charge in [0.15, 0.2) is 0 Å². The molecule has 0 bridgehead atoms. The number of hydrogen-bond acceptors (Lipinski definition) is 6. The minimum atomic E-state index is -3.96. The third-order valence-corrected chi connectivity index (χ3v) is 6.15. The van der Waals surface area contributed by atoms with Crippen LogP contribution in [-0.4, -0.2) is 39.2 Å². The van der Waals surface area contributed by atoms with Gasteiger partial charge >= 0.3 is 0 Å². The van der Waals surface area contributed by atoms with Gasteiger partial charge in [-0.05, 0) is 24.3 Å². The minimum Gasteiger partial charge on any atom is -0.486 e. The first-order valence-corrected chi connectivity index (χ1v) is 9.68. The standard InChI is InChI=1S/C17H16FN5O3S/c18-14-5-1-2-6-17(14)27(24,25)22-8-9-23-16(11-22)15(20-21-23)12-26-13-4-3-7-19-10-13/h1-7,10H,8-9,11-12H2. The average molecular weight is 389 g/mol. The molecule has 0 atom stereocenters. The lowest BCUT2D eigenvalue weighted by molar-refractivity contribution is 0.290. The molecule has 1 aliphatic heterocycles. The van der Waals surface area contributed by atoms with E-state index < -0.39 is 15.8 Å². The Bertz CT molecular complexity index is 1060. The van der Waals surface area contributed by atoms with Crippen molar-refractivity contribution >= 4 is 10.0 Å². The van der Waals surface area contributed by atoms with Crippen LogP contribution in [-0.2, 0) is 29.7 Å². The van der Waals surface area contributed by atoms with Crippen molar-refractivity contribution in [1.29, 1.82) is 0 Å². The highest BCUT2D eigenvalue weighted by Gasteiger charge is 2.32. The monoisotopic (exact) mass is 389 g/mol. The molecule has 1 aliphatic rings. The summed E-state index contributed by atoms with van der Waals surface area (Å²) in [7, 11) is -3.96. The Morgan fingerprint density at radius 3 is 2.78 bits per heavy atom. The fraction of sp³-hybridized carbons (Fsp3) is 0.235. The molecular formula is C17H16FN5O3S. The summed E-state index contributed by atoms with van der Waals surface area (Å²) in [5.41, 5.74) is 1.16. The number of sulfonamides is 1. The van der Waals surface area contributed by atoms with E-state index in [0.717, 1.165) is 6.07 Å². The quantitative estimate of drug-likeness (QED) is 0.658. The van der Waals surface area contributed by atoms with E-state index in [0.29, 0.717) is 23.7 Å². The molecule has 140 valence electrons. The topological polar surface area (TPSA) is 90.2 Å². The Hall–Kier alpha value is -2.85. The second kappa shape index (κ2) is 7.05. The zero-order valence-corrected chi connectivity index (χ0v) is 15.0. The number of rotatable bonds is 5. The van der Waals surface area contributed by atoms with E-state index >= 15 is 0 Å². The lowest BCUT2D eigenvalue weighted by atomic mass is 10.3. The largest absolute Gasteiger partial charge is 0.486 e. The maximum absolute atomic E-state index is 14.0. The van der Waals surface area contributed by atoms with Crippen LogP contribution in [0.4, 0.5) is 4.39 Å². The van der Waals surface area contributed by atoms with Crippen LogP contribution in [0.15, 0.2) is 53.7 Å². The first-order valence-electron chi connectivity index (χ1n) is 8.24. The number of fused-ring (bicyclic) bond motifs is 1. The maximum Gasteiger partial charge on any atom is 0.246 e. The number of pyridine rings is 1. The third kappa shape index (κ3) is 3.40. The summed E-state index contributed by atoms with van der Waals surface area (Å²) in [4.78, 5) is 3.63. The molecule has 0 spiro atoms. The van der Waals surface area contributed by atoms with Crippen molar-refractivity contribution < 1.29 is 17.5 Å². The second-order valence-corrected chi connectivity index (χ2v) is 7.86. The zero-order chi connectivity index (χ0) is 18.9.